The van der Waals surface area contributed by atoms with Crippen LogP contribution in [0.4, 0.5) is 0 Å². The van der Waals surface area contributed by atoms with E-state index in [4.69, 9.17) is 14.2 Å². The number of amides is 1. The van der Waals surface area contributed by atoms with Crippen molar-refractivity contribution in [1.82, 2.24) is 5.32 Å². The van der Waals surface area contributed by atoms with Gasteiger partial charge in [0.2, 0.25) is 0 Å². The first-order valence-corrected chi connectivity index (χ1v) is 8.20. The summed E-state index contributed by atoms with van der Waals surface area (Å²) in [6, 6.07) is 12.9. The van der Waals surface area contributed by atoms with Crippen LogP contribution in [-0.2, 0) is 4.79 Å². The zero-order valence-corrected chi connectivity index (χ0v) is 15.3. The molecule has 0 spiro atoms. The highest BCUT2D eigenvalue weighted by Crippen LogP contribution is 2.29. The average molecular weight is 343 g/mol. The van der Waals surface area contributed by atoms with Crippen molar-refractivity contribution in [3.63, 3.8) is 0 Å². The second kappa shape index (κ2) is 8.42. The van der Waals surface area contributed by atoms with Gasteiger partial charge in [-0.3, -0.25) is 4.79 Å². The minimum atomic E-state index is -0.611. The summed E-state index contributed by atoms with van der Waals surface area (Å²) in [5, 5.41) is 2.96. The molecule has 0 aromatic heterocycles. The Labute approximate surface area is 148 Å². The fourth-order valence-corrected chi connectivity index (χ4v) is 2.52. The van der Waals surface area contributed by atoms with E-state index in [1.54, 1.807) is 21.1 Å². The topological polar surface area (TPSA) is 56.8 Å². The van der Waals surface area contributed by atoms with E-state index in [2.05, 4.69) is 5.32 Å². The molecule has 5 heteroatoms. The van der Waals surface area contributed by atoms with Crippen LogP contribution >= 0.6 is 0 Å². The molecule has 0 radical (unpaired) electrons. The number of carbonyl (C=O) groups is 1. The number of benzene rings is 2. The fraction of sp³-hybridized carbons (Fsp3) is 0.350. The van der Waals surface area contributed by atoms with Crippen molar-refractivity contribution in [3.8, 4) is 17.2 Å². The van der Waals surface area contributed by atoms with Gasteiger partial charge in [0.15, 0.2) is 6.10 Å². The summed E-state index contributed by atoms with van der Waals surface area (Å²) >= 11 is 0. The Kier molecular flexibility index (Phi) is 6.28. The predicted molar refractivity (Wildman–Crippen MR) is 97.4 cm³/mol. The summed E-state index contributed by atoms with van der Waals surface area (Å²) in [4.78, 5) is 12.5. The predicted octanol–water partition coefficient (Wildman–Crippen LogP) is 3.66. The Morgan fingerprint density at radius 3 is 2.36 bits per heavy atom. The summed E-state index contributed by atoms with van der Waals surface area (Å²) in [5.41, 5.74) is 1.84. The van der Waals surface area contributed by atoms with Gasteiger partial charge in [0.1, 0.15) is 17.2 Å². The lowest BCUT2D eigenvalue weighted by molar-refractivity contribution is -0.127. The lowest BCUT2D eigenvalue weighted by Gasteiger charge is -2.21. The molecule has 0 aliphatic heterocycles. The van der Waals surface area contributed by atoms with Crippen LogP contribution in [0.25, 0.3) is 0 Å². The molecule has 2 rings (SSSR count). The normalized spacial score (nSPS) is 12.8. The molecule has 0 fully saturated rings. The van der Waals surface area contributed by atoms with Crippen molar-refractivity contribution in [2.24, 2.45) is 0 Å². The molecule has 2 aromatic rings. The molecular weight excluding hydrogens is 318 g/mol. The third kappa shape index (κ3) is 4.66. The van der Waals surface area contributed by atoms with E-state index in [9.17, 15) is 4.79 Å². The van der Waals surface area contributed by atoms with Crippen LogP contribution in [0, 0.1) is 6.92 Å². The maximum atomic E-state index is 12.5. The molecule has 134 valence electrons. The quantitative estimate of drug-likeness (QED) is 0.834. The fourth-order valence-electron chi connectivity index (χ4n) is 2.52. The van der Waals surface area contributed by atoms with Gasteiger partial charge in [-0.15, -0.1) is 0 Å². The van der Waals surface area contributed by atoms with Crippen LogP contribution in [0.1, 0.15) is 31.0 Å². The molecule has 25 heavy (non-hydrogen) atoms. The van der Waals surface area contributed by atoms with Gasteiger partial charge < -0.3 is 19.5 Å². The zero-order valence-electron chi connectivity index (χ0n) is 15.3. The van der Waals surface area contributed by atoms with Crippen LogP contribution in [0.2, 0.25) is 0 Å². The molecule has 2 aromatic carbocycles. The van der Waals surface area contributed by atoms with Crippen molar-refractivity contribution >= 4 is 5.91 Å². The largest absolute Gasteiger partial charge is 0.497 e. The van der Waals surface area contributed by atoms with Crippen molar-refractivity contribution in [2.75, 3.05) is 14.2 Å². The van der Waals surface area contributed by atoms with Gasteiger partial charge in [-0.1, -0.05) is 18.2 Å². The molecular formula is C20H25NO4. The highest BCUT2D eigenvalue weighted by atomic mass is 16.5. The summed E-state index contributed by atoms with van der Waals surface area (Å²) < 4.78 is 16.4. The van der Waals surface area contributed by atoms with Crippen molar-refractivity contribution < 1.29 is 19.0 Å². The summed E-state index contributed by atoms with van der Waals surface area (Å²) in [6.07, 6.45) is -0.611. The van der Waals surface area contributed by atoms with Gasteiger partial charge in [0.05, 0.1) is 20.3 Å². The number of hydrogen-bond acceptors (Lipinski definition) is 4. The monoisotopic (exact) mass is 343 g/mol. The van der Waals surface area contributed by atoms with E-state index in [-0.39, 0.29) is 11.9 Å². The Hall–Kier alpha value is -2.69. The van der Waals surface area contributed by atoms with Crippen LogP contribution in [0.5, 0.6) is 17.2 Å². The second-order valence-corrected chi connectivity index (χ2v) is 5.86. The highest BCUT2D eigenvalue weighted by Gasteiger charge is 2.20. The van der Waals surface area contributed by atoms with E-state index in [1.807, 2.05) is 56.3 Å². The minimum Gasteiger partial charge on any atom is -0.497 e. The third-order valence-corrected chi connectivity index (χ3v) is 4.03. The van der Waals surface area contributed by atoms with Gasteiger partial charge in [0, 0.05) is 5.56 Å². The first-order valence-electron chi connectivity index (χ1n) is 8.20. The number of carbonyl (C=O) groups excluding carboxylic acids is 1. The standard InChI is InChI=1S/C20H25NO4/c1-13-8-6-7-9-18(13)25-15(3)20(22)21-14(2)17-12-16(23-4)10-11-19(17)24-5/h6-12,14-15H,1-5H3,(H,21,22). The van der Waals surface area contributed by atoms with Crippen molar-refractivity contribution in [1.29, 1.82) is 0 Å². The van der Waals surface area contributed by atoms with Gasteiger partial charge >= 0.3 is 0 Å². The maximum Gasteiger partial charge on any atom is 0.261 e. The lowest BCUT2D eigenvalue weighted by Crippen LogP contribution is -2.38. The van der Waals surface area contributed by atoms with Gasteiger partial charge in [-0.2, -0.15) is 0 Å². The summed E-state index contributed by atoms with van der Waals surface area (Å²) in [6.45, 7) is 5.58. The average Bonchev–Trinajstić information content (AvgIpc) is 2.62. The molecule has 2 unspecified atom stereocenters. The van der Waals surface area contributed by atoms with Crippen molar-refractivity contribution in [2.45, 2.75) is 32.9 Å². The summed E-state index contributed by atoms with van der Waals surface area (Å²) in [7, 11) is 3.21. The van der Waals surface area contributed by atoms with E-state index >= 15 is 0 Å². The maximum absolute atomic E-state index is 12.5. The Morgan fingerprint density at radius 2 is 1.72 bits per heavy atom. The SMILES string of the molecule is COc1ccc(OC)c(C(C)NC(=O)C(C)Oc2ccccc2C)c1. The van der Waals surface area contributed by atoms with Gasteiger partial charge in [0.25, 0.3) is 5.91 Å². The molecule has 5 nitrogen and oxygen atoms in total. The van der Waals surface area contributed by atoms with E-state index in [1.165, 1.54) is 0 Å². The molecule has 1 N–H and O–H groups in total. The third-order valence-electron chi connectivity index (χ3n) is 4.03. The smallest absolute Gasteiger partial charge is 0.261 e. The Bertz CT molecular complexity index is 729. The molecule has 0 aliphatic carbocycles. The zero-order chi connectivity index (χ0) is 18.4. The first kappa shape index (κ1) is 18.6. The molecule has 0 heterocycles. The molecule has 0 saturated carbocycles. The molecule has 0 saturated heterocycles. The summed E-state index contributed by atoms with van der Waals surface area (Å²) in [5.74, 6) is 1.92. The lowest BCUT2D eigenvalue weighted by atomic mass is 10.1. The van der Waals surface area contributed by atoms with Crippen LogP contribution in [0.3, 0.4) is 0 Å². The number of para-hydroxylation sites is 1. The number of rotatable bonds is 7. The highest BCUT2D eigenvalue weighted by molar-refractivity contribution is 5.81. The number of aryl methyl sites for hydroxylation is 1. The minimum absolute atomic E-state index is 0.194. The molecule has 2 atom stereocenters. The van der Waals surface area contributed by atoms with Crippen LogP contribution < -0.4 is 19.5 Å². The molecule has 0 aliphatic rings. The van der Waals surface area contributed by atoms with Crippen LogP contribution in [0.15, 0.2) is 42.5 Å². The Balaban J connectivity index is 2.08. The Morgan fingerprint density at radius 1 is 1.00 bits per heavy atom. The van der Waals surface area contributed by atoms with Gasteiger partial charge in [-0.25, -0.2) is 0 Å². The van der Waals surface area contributed by atoms with E-state index in [0.717, 1.165) is 11.1 Å². The number of hydrogen-bond donors (Lipinski definition) is 1. The molecule has 0 bridgehead atoms. The van der Waals surface area contributed by atoms with E-state index < -0.39 is 6.10 Å². The van der Waals surface area contributed by atoms with Gasteiger partial charge in [-0.05, 0) is 50.6 Å². The number of methoxy groups -OCH3 is 2. The first-order chi connectivity index (χ1) is 12.0. The molecule has 1 amide bonds. The number of ether oxygens (including phenoxy) is 3. The van der Waals surface area contributed by atoms with Crippen LogP contribution in [-0.4, -0.2) is 26.2 Å². The van der Waals surface area contributed by atoms with E-state index in [0.29, 0.717) is 17.2 Å². The second-order valence-electron chi connectivity index (χ2n) is 5.86. The number of nitrogens with one attached hydrogen (secondary N) is 1. The van der Waals surface area contributed by atoms with Crippen molar-refractivity contribution in [3.05, 3.63) is 53.6 Å².